The van der Waals surface area contributed by atoms with Crippen LogP contribution < -0.4 is 5.32 Å². The number of hydrogen-bond donors (Lipinski definition) is 2. The zero-order valence-corrected chi connectivity index (χ0v) is 12.9. The quantitative estimate of drug-likeness (QED) is 0.748. The average Bonchev–Trinajstić information content (AvgIpc) is 2.37. The van der Waals surface area contributed by atoms with Gasteiger partial charge in [0.15, 0.2) is 0 Å². The number of benzene rings is 1. The molecule has 108 valence electrons. The second-order valence-electron chi connectivity index (χ2n) is 4.92. The Bertz CT molecular complexity index is 398. The van der Waals surface area contributed by atoms with Gasteiger partial charge >= 0.3 is 0 Å². The van der Waals surface area contributed by atoms with Gasteiger partial charge in [0.25, 0.3) is 0 Å². The molecule has 0 spiro atoms. The van der Waals surface area contributed by atoms with Gasteiger partial charge in [0, 0.05) is 16.2 Å². The number of rotatable bonds is 7. The molecule has 0 bridgehead atoms. The molecule has 2 N–H and O–H groups in total. The van der Waals surface area contributed by atoms with E-state index in [9.17, 15) is 9.50 Å². The second-order valence-corrected chi connectivity index (χ2v) is 6.34. The smallest absolute Gasteiger partial charge is 0.123 e. The summed E-state index contributed by atoms with van der Waals surface area (Å²) in [6.45, 7) is 8.82. The topological polar surface area (TPSA) is 32.3 Å². The van der Waals surface area contributed by atoms with Crippen molar-refractivity contribution in [3.8, 4) is 0 Å². The predicted octanol–water partition coefficient (Wildman–Crippen LogP) is 3.75. The molecule has 0 amide bonds. The second kappa shape index (κ2) is 7.88. The highest BCUT2D eigenvalue weighted by Gasteiger charge is 2.16. The normalized spacial score (nSPS) is 16.1. The molecule has 0 heterocycles. The van der Waals surface area contributed by atoms with Crippen LogP contribution in [0.2, 0.25) is 0 Å². The molecule has 0 fully saturated rings. The number of aliphatic hydroxyl groups is 1. The predicted molar refractivity (Wildman–Crippen MR) is 80.1 cm³/mol. The van der Waals surface area contributed by atoms with Gasteiger partial charge in [-0.25, -0.2) is 4.39 Å². The molecule has 0 radical (unpaired) electrons. The maximum Gasteiger partial charge on any atom is 0.123 e. The van der Waals surface area contributed by atoms with E-state index in [2.05, 4.69) is 12.2 Å². The molecule has 0 saturated carbocycles. The Morgan fingerprint density at radius 3 is 2.58 bits per heavy atom. The molecule has 19 heavy (non-hydrogen) atoms. The summed E-state index contributed by atoms with van der Waals surface area (Å²) in [5, 5.41) is 13.1. The number of aliphatic hydroxyl groups excluding tert-OH is 1. The number of thioether (sulfide) groups is 1. The minimum absolute atomic E-state index is 0.0857. The summed E-state index contributed by atoms with van der Waals surface area (Å²) >= 11 is 1.59. The highest BCUT2D eigenvalue weighted by molar-refractivity contribution is 8.00. The van der Waals surface area contributed by atoms with Crippen molar-refractivity contribution < 1.29 is 9.50 Å². The van der Waals surface area contributed by atoms with Gasteiger partial charge in [-0.1, -0.05) is 13.8 Å². The SMILES string of the molecule is CCCNC(C)c1cc(F)ccc1SC(C)C(C)O. The van der Waals surface area contributed by atoms with E-state index in [1.807, 2.05) is 13.8 Å². The zero-order valence-electron chi connectivity index (χ0n) is 12.1. The molecule has 0 aromatic heterocycles. The monoisotopic (exact) mass is 285 g/mol. The van der Waals surface area contributed by atoms with Gasteiger partial charge in [0.2, 0.25) is 0 Å². The Kier molecular flexibility index (Phi) is 6.83. The van der Waals surface area contributed by atoms with E-state index in [-0.39, 0.29) is 23.2 Å². The van der Waals surface area contributed by atoms with Crippen molar-refractivity contribution in [1.29, 1.82) is 0 Å². The van der Waals surface area contributed by atoms with Crippen LogP contribution >= 0.6 is 11.8 Å². The minimum atomic E-state index is -0.387. The Hall–Kier alpha value is -0.580. The lowest BCUT2D eigenvalue weighted by Crippen LogP contribution is -2.21. The maximum absolute atomic E-state index is 13.4. The van der Waals surface area contributed by atoms with E-state index in [0.29, 0.717) is 0 Å². The van der Waals surface area contributed by atoms with Gasteiger partial charge in [0.1, 0.15) is 5.82 Å². The minimum Gasteiger partial charge on any atom is -0.392 e. The number of nitrogens with one attached hydrogen (secondary N) is 1. The highest BCUT2D eigenvalue weighted by Crippen LogP contribution is 2.32. The first kappa shape index (κ1) is 16.5. The standard InChI is InChI=1S/C15H24FNOS/c1-5-8-17-10(2)14-9-13(16)6-7-15(14)19-12(4)11(3)18/h6-7,9-12,17-18H,5,8H2,1-4H3. The molecule has 1 aromatic rings. The van der Waals surface area contributed by atoms with Crippen LogP contribution in [0.4, 0.5) is 4.39 Å². The van der Waals surface area contributed by atoms with E-state index in [1.165, 1.54) is 6.07 Å². The zero-order chi connectivity index (χ0) is 14.4. The Morgan fingerprint density at radius 1 is 1.32 bits per heavy atom. The van der Waals surface area contributed by atoms with Gasteiger partial charge in [-0.2, -0.15) is 0 Å². The van der Waals surface area contributed by atoms with Crippen LogP contribution in [-0.4, -0.2) is 23.0 Å². The third-order valence-corrected chi connectivity index (χ3v) is 4.52. The first-order valence-corrected chi connectivity index (χ1v) is 7.71. The van der Waals surface area contributed by atoms with Crippen molar-refractivity contribution in [3.63, 3.8) is 0 Å². The molecule has 0 saturated heterocycles. The van der Waals surface area contributed by atoms with Crippen LogP contribution in [0.25, 0.3) is 0 Å². The summed E-state index contributed by atoms with van der Waals surface area (Å²) in [5.74, 6) is -0.214. The Morgan fingerprint density at radius 2 is 2.00 bits per heavy atom. The fourth-order valence-corrected chi connectivity index (χ4v) is 2.85. The third-order valence-electron chi connectivity index (χ3n) is 3.13. The van der Waals surface area contributed by atoms with E-state index >= 15 is 0 Å². The van der Waals surface area contributed by atoms with Crippen LogP contribution in [0, 0.1) is 5.82 Å². The van der Waals surface area contributed by atoms with Crippen LogP contribution in [0.5, 0.6) is 0 Å². The van der Waals surface area contributed by atoms with Crippen molar-refractivity contribution in [3.05, 3.63) is 29.6 Å². The summed E-state index contributed by atoms with van der Waals surface area (Å²) in [5.41, 5.74) is 0.964. The lowest BCUT2D eigenvalue weighted by atomic mass is 10.1. The van der Waals surface area contributed by atoms with Crippen LogP contribution in [-0.2, 0) is 0 Å². The van der Waals surface area contributed by atoms with E-state index in [0.717, 1.165) is 23.4 Å². The highest BCUT2D eigenvalue weighted by atomic mass is 32.2. The van der Waals surface area contributed by atoms with Crippen LogP contribution in [0.3, 0.4) is 0 Å². The molecule has 4 heteroatoms. The summed E-state index contributed by atoms with van der Waals surface area (Å²) in [6.07, 6.45) is 0.661. The first-order chi connectivity index (χ1) is 8.95. The molecular formula is C15H24FNOS. The summed E-state index contributed by atoms with van der Waals surface area (Å²) in [7, 11) is 0. The van der Waals surface area contributed by atoms with Crippen molar-refractivity contribution in [1.82, 2.24) is 5.32 Å². The fraction of sp³-hybridized carbons (Fsp3) is 0.600. The molecular weight excluding hydrogens is 261 g/mol. The van der Waals surface area contributed by atoms with E-state index < -0.39 is 0 Å². The van der Waals surface area contributed by atoms with E-state index in [4.69, 9.17) is 0 Å². The van der Waals surface area contributed by atoms with Gasteiger partial charge in [-0.15, -0.1) is 11.8 Å². The lowest BCUT2D eigenvalue weighted by molar-refractivity contribution is 0.196. The summed E-state index contributed by atoms with van der Waals surface area (Å²) in [6, 6.07) is 4.98. The van der Waals surface area contributed by atoms with Gasteiger partial charge in [-0.3, -0.25) is 0 Å². The molecule has 3 unspecified atom stereocenters. The molecule has 0 aliphatic rings. The van der Waals surface area contributed by atoms with E-state index in [1.54, 1.807) is 30.8 Å². The van der Waals surface area contributed by atoms with Crippen LogP contribution in [0.15, 0.2) is 23.1 Å². The molecule has 0 aliphatic heterocycles. The van der Waals surface area contributed by atoms with Crippen molar-refractivity contribution in [2.45, 2.75) is 56.4 Å². The molecule has 3 atom stereocenters. The van der Waals surface area contributed by atoms with Gasteiger partial charge in [-0.05, 0) is 50.6 Å². The average molecular weight is 285 g/mol. The van der Waals surface area contributed by atoms with Gasteiger partial charge < -0.3 is 10.4 Å². The lowest BCUT2D eigenvalue weighted by Gasteiger charge is -2.21. The van der Waals surface area contributed by atoms with Gasteiger partial charge in [0.05, 0.1) is 6.10 Å². The summed E-state index contributed by atoms with van der Waals surface area (Å²) < 4.78 is 13.4. The third kappa shape index (κ3) is 5.13. The Labute approximate surface area is 119 Å². The number of halogens is 1. The Balaban J connectivity index is 2.90. The first-order valence-electron chi connectivity index (χ1n) is 6.83. The molecule has 1 rings (SSSR count). The molecule has 2 nitrogen and oxygen atoms in total. The molecule has 1 aromatic carbocycles. The van der Waals surface area contributed by atoms with Crippen LogP contribution in [0.1, 0.15) is 45.7 Å². The summed E-state index contributed by atoms with van der Waals surface area (Å²) in [4.78, 5) is 1.03. The number of hydrogen-bond acceptors (Lipinski definition) is 3. The fourth-order valence-electron chi connectivity index (χ4n) is 1.73. The largest absolute Gasteiger partial charge is 0.392 e. The van der Waals surface area contributed by atoms with Crippen molar-refractivity contribution in [2.75, 3.05) is 6.54 Å². The molecule has 0 aliphatic carbocycles. The van der Waals surface area contributed by atoms with Crippen molar-refractivity contribution >= 4 is 11.8 Å². The maximum atomic E-state index is 13.4. The van der Waals surface area contributed by atoms with Crippen molar-refractivity contribution in [2.24, 2.45) is 0 Å².